The smallest absolute Gasteiger partial charge is 0.314 e. The minimum absolute atomic E-state index is 0.0969. The van der Waals surface area contributed by atoms with Gasteiger partial charge in [-0.2, -0.15) is 0 Å². The summed E-state index contributed by atoms with van der Waals surface area (Å²) < 4.78 is 5.29. The fourth-order valence-electron chi connectivity index (χ4n) is 2.25. The van der Waals surface area contributed by atoms with E-state index in [0.717, 1.165) is 19.6 Å². The van der Waals surface area contributed by atoms with Gasteiger partial charge in [-0.1, -0.05) is 6.07 Å². The lowest BCUT2D eigenvalue weighted by Gasteiger charge is -2.23. The van der Waals surface area contributed by atoms with Crippen LogP contribution in [0.3, 0.4) is 0 Å². The Hall–Kier alpha value is -1.11. The van der Waals surface area contributed by atoms with Crippen LogP contribution in [0.5, 0.6) is 0 Å². The minimum atomic E-state index is -0.0969. The van der Waals surface area contributed by atoms with E-state index in [-0.39, 0.29) is 12.1 Å². The van der Waals surface area contributed by atoms with Gasteiger partial charge in [0.15, 0.2) is 0 Å². The van der Waals surface area contributed by atoms with Crippen molar-refractivity contribution in [1.29, 1.82) is 0 Å². The molecule has 0 aliphatic carbocycles. The molecule has 1 aliphatic heterocycles. The summed E-state index contributed by atoms with van der Waals surface area (Å²) in [5.74, 6) is 0.461. The van der Waals surface area contributed by atoms with E-state index in [0.29, 0.717) is 19.0 Å². The number of hydrogen-bond donors (Lipinski definition) is 2. The molecule has 1 aliphatic rings. The molecule has 5 nitrogen and oxygen atoms in total. The van der Waals surface area contributed by atoms with Gasteiger partial charge in [0.2, 0.25) is 0 Å². The van der Waals surface area contributed by atoms with Gasteiger partial charge >= 0.3 is 6.03 Å². The van der Waals surface area contributed by atoms with Gasteiger partial charge in [0.25, 0.3) is 0 Å². The molecule has 1 saturated heterocycles. The number of thiophene rings is 1. The molecule has 2 N–H and O–H groups in total. The molecule has 1 aromatic rings. The first kappa shape index (κ1) is 15.3. The van der Waals surface area contributed by atoms with Crippen LogP contribution < -0.4 is 10.6 Å². The van der Waals surface area contributed by atoms with Crippen LogP contribution in [0.2, 0.25) is 0 Å². The lowest BCUT2D eigenvalue weighted by Crippen LogP contribution is -2.42. The van der Waals surface area contributed by atoms with Crippen molar-refractivity contribution >= 4 is 17.4 Å². The second-order valence-corrected chi connectivity index (χ2v) is 6.29. The zero-order valence-electron chi connectivity index (χ0n) is 12.1. The monoisotopic (exact) mass is 297 g/mol. The van der Waals surface area contributed by atoms with Crippen LogP contribution in [0.25, 0.3) is 0 Å². The first-order valence-electron chi connectivity index (χ1n) is 6.96. The highest BCUT2D eigenvalue weighted by molar-refractivity contribution is 7.10. The predicted octanol–water partition coefficient (Wildman–Crippen LogP) is 1.69. The third-order valence-electron chi connectivity index (χ3n) is 3.53. The molecule has 20 heavy (non-hydrogen) atoms. The Labute approximate surface area is 124 Å². The summed E-state index contributed by atoms with van der Waals surface area (Å²) in [6, 6.07) is 4.26. The van der Waals surface area contributed by atoms with Gasteiger partial charge in [0.05, 0.1) is 12.6 Å². The second kappa shape index (κ2) is 7.61. The van der Waals surface area contributed by atoms with Crippen molar-refractivity contribution in [3.8, 4) is 0 Å². The predicted molar refractivity (Wildman–Crippen MR) is 81.1 cm³/mol. The normalized spacial score (nSPS) is 20.1. The quantitative estimate of drug-likeness (QED) is 0.840. The number of urea groups is 1. The van der Waals surface area contributed by atoms with E-state index in [9.17, 15) is 4.79 Å². The van der Waals surface area contributed by atoms with E-state index in [1.807, 2.05) is 20.2 Å². The summed E-state index contributed by atoms with van der Waals surface area (Å²) in [6.07, 6.45) is 1.04. The number of hydrogen-bond acceptors (Lipinski definition) is 4. The highest BCUT2D eigenvalue weighted by Gasteiger charge is 2.18. The van der Waals surface area contributed by atoms with Crippen molar-refractivity contribution < 1.29 is 9.53 Å². The van der Waals surface area contributed by atoms with E-state index >= 15 is 0 Å². The number of carbonyl (C=O) groups is 1. The largest absolute Gasteiger partial charge is 0.381 e. The number of ether oxygens (including phenoxy) is 1. The zero-order chi connectivity index (χ0) is 14.4. The lowest BCUT2D eigenvalue weighted by atomic mass is 10.1. The molecule has 112 valence electrons. The molecule has 2 rings (SSSR count). The molecule has 1 fully saturated rings. The molecule has 0 radical (unpaired) electrons. The molecule has 1 aromatic heterocycles. The van der Waals surface area contributed by atoms with Crippen LogP contribution in [-0.2, 0) is 4.74 Å². The lowest BCUT2D eigenvalue weighted by molar-refractivity contribution is 0.185. The van der Waals surface area contributed by atoms with Crippen LogP contribution in [0.4, 0.5) is 4.79 Å². The summed E-state index contributed by atoms with van der Waals surface area (Å²) in [4.78, 5) is 15.2. The maximum atomic E-state index is 11.8. The van der Waals surface area contributed by atoms with E-state index in [1.165, 1.54) is 4.88 Å². The molecule has 0 unspecified atom stereocenters. The third kappa shape index (κ3) is 4.47. The van der Waals surface area contributed by atoms with Gasteiger partial charge in [0.1, 0.15) is 0 Å². The minimum Gasteiger partial charge on any atom is -0.381 e. The molecule has 0 saturated carbocycles. The molecular formula is C14H23N3O2S. The van der Waals surface area contributed by atoms with Gasteiger partial charge in [-0.3, -0.25) is 0 Å². The van der Waals surface area contributed by atoms with Crippen LogP contribution >= 0.6 is 11.3 Å². The number of likely N-dealkylation sites (N-methyl/N-ethyl adjacent to an activating group) is 1. The molecule has 6 heteroatoms. The average molecular weight is 297 g/mol. The Balaban J connectivity index is 1.73. The molecule has 0 spiro atoms. The molecule has 2 amide bonds. The molecule has 2 heterocycles. The van der Waals surface area contributed by atoms with E-state index < -0.39 is 0 Å². The summed E-state index contributed by atoms with van der Waals surface area (Å²) in [5.41, 5.74) is 0. The Kier molecular flexibility index (Phi) is 5.82. The topological polar surface area (TPSA) is 53.6 Å². The summed E-state index contributed by atoms with van der Waals surface area (Å²) in [5, 5.41) is 7.93. The van der Waals surface area contributed by atoms with Crippen molar-refractivity contribution in [2.75, 3.05) is 40.4 Å². The SMILES string of the molecule is CN(C)[C@H](CNC(=O)NC[C@@H]1CCOC1)c1cccs1. The summed E-state index contributed by atoms with van der Waals surface area (Å²) >= 11 is 1.71. The Morgan fingerprint density at radius 1 is 1.55 bits per heavy atom. The van der Waals surface area contributed by atoms with Crippen molar-refractivity contribution in [3.05, 3.63) is 22.4 Å². The van der Waals surface area contributed by atoms with E-state index in [2.05, 4.69) is 27.0 Å². The molecule has 0 bridgehead atoms. The average Bonchev–Trinajstić information content (AvgIpc) is 3.09. The number of nitrogens with one attached hydrogen (secondary N) is 2. The van der Waals surface area contributed by atoms with Crippen LogP contribution in [0, 0.1) is 5.92 Å². The van der Waals surface area contributed by atoms with E-state index in [1.54, 1.807) is 11.3 Å². The maximum absolute atomic E-state index is 11.8. The molecular weight excluding hydrogens is 274 g/mol. The van der Waals surface area contributed by atoms with Crippen LogP contribution in [0.15, 0.2) is 17.5 Å². The van der Waals surface area contributed by atoms with E-state index in [4.69, 9.17) is 4.74 Å². The van der Waals surface area contributed by atoms with Crippen LogP contribution in [-0.4, -0.2) is 51.3 Å². The fourth-order valence-corrected chi connectivity index (χ4v) is 3.17. The van der Waals surface area contributed by atoms with Crippen LogP contribution in [0.1, 0.15) is 17.3 Å². The van der Waals surface area contributed by atoms with Crippen molar-refractivity contribution in [2.24, 2.45) is 5.92 Å². The zero-order valence-corrected chi connectivity index (χ0v) is 12.9. The fraction of sp³-hybridized carbons (Fsp3) is 0.643. The van der Waals surface area contributed by atoms with Crippen molar-refractivity contribution in [2.45, 2.75) is 12.5 Å². The standard InChI is InChI=1S/C14H23N3O2S/c1-17(2)12(13-4-3-7-20-13)9-16-14(18)15-8-11-5-6-19-10-11/h3-4,7,11-12H,5-6,8-10H2,1-2H3,(H2,15,16,18)/t11-,12+/m0/s1. The van der Waals surface area contributed by atoms with Gasteiger partial charge in [0, 0.05) is 30.5 Å². The second-order valence-electron chi connectivity index (χ2n) is 5.32. The summed E-state index contributed by atoms with van der Waals surface area (Å²) in [7, 11) is 4.06. The Morgan fingerprint density at radius 3 is 3.00 bits per heavy atom. The summed E-state index contributed by atoms with van der Waals surface area (Å²) in [6.45, 7) is 2.88. The molecule has 0 aromatic carbocycles. The third-order valence-corrected chi connectivity index (χ3v) is 4.50. The number of carbonyl (C=O) groups excluding carboxylic acids is 1. The van der Waals surface area contributed by atoms with Gasteiger partial charge < -0.3 is 20.3 Å². The first-order valence-corrected chi connectivity index (χ1v) is 7.84. The Bertz CT molecular complexity index is 403. The van der Waals surface area contributed by atoms with Gasteiger partial charge in [-0.05, 0) is 32.0 Å². The van der Waals surface area contributed by atoms with Crippen molar-refractivity contribution in [1.82, 2.24) is 15.5 Å². The first-order chi connectivity index (χ1) is 9.66. The van der Waals surface area contributed by atoms with Gasteiger partial charge in [-0.15, -0.1) is 11.3 Å². The number of nitrogens with zero attached hydrogens (tertiary/aromatic N) is 1. The van der Waals surface area contributed by atoms with Crippen molar-refractivity contribution in [3.63, 3.8) is 0 Å². The Morgan fingerprint density at radius 2 is 2.40 bits per heavy atom. The molecule has 2 atom stereocenters. The highest BCUT2D eigenvalue weighted by Crippen LogP contribution is 2.22. The number of amides is 2. The number of rotatable bonds is 6. The maximum Gasteiger partial charge on any atom is 0.314 e. The highest BCUT2D eigenvalue weighted by atomic mass is 32.1. The van der Waals surface area contributed by atoms with Gasteiger partial charge in [-0.25, -0.2) is 4.79 Å².